The maximum Gasteiger partial charge on any atom is 1.00 e. The molecule has 0 aliphatic heterocycles. The van der Waals surface area contributed by atoms with Crippen molar-refractivity contribution in [1.82, 2.24) is 0 Å². The maximum atomic E-state index is 2.35. The zero-order valence-corrected chi connectivity index (χ0v) is 24.0. The number of unbranched alkanes of at least 4 members (excludes halogenated alkanes) is 7. The second-order valence-corrected chi connectivity index (χ2v) is 10.6. The van der Waals surface area contributed by atoms with Gasteiger partial charge in [0.25, 0.3) is 0 Å². The van der Waals surface area contributed by atoms with Gasteiger partial charge < -0.3 is 0 Å². The number of hydrogen-bond donors (Lipinski definition) is 0. The molecule has 0 amide bonds. The smallest absolute Gasteiger partial charge is 0.178 e. The predicted molar refractivity (Wildman–Crippen MR) is 163 cm³/mol. The van der Waals surface area contributed by atoms with Gasteiger partial charge in [-0.3, -0.25) is 0 Å². The van der Waals surface area contributed by atoms with Gasteiger partial charge in [-0.25, -0.2) is 0 Å². The molecule has 0 atom stereocenters. The first kappa shape index (κ1) is 43.8. The van der Waals surface area contributed by atoms with Crippen molar-refractivity contribution in [3.63, 3.8) is 0 Å². The van der Waals surface area contributed by atoms with Crippen LogP contribution in [0, 0.1) is 0 Å². The average Bonchev–Trinajstić information content (AvgIpc) is 2.78. The zero-order valence-electron chi connectivity index (χ0n) is 24.0. The van der Waals surface area contributed by atoms with Gasteiger partial charge in [-0.2, -0.15) is 25.3 Å². The molecule has 0 N–H and O–H groups in total. The van der Waals surface area contributed by atoms with E-state index in [1.807, 2.05) is 0 Å². The summed E-state index contributed by atoms with van der Waals surface area (Å²) in [6.07, 6.45) is 30.5. The van der Waals surface area contributed by atoms with Gasteiger partial charge >= 0.3 is 18.9 Å². The normalized spacial score (nSPS) is 10.3. The Morgan fingerprint density at radius 1 is 0.394 bits per heavy atom. The predicted octanol–water partition coefficient (Wildman–Crippen LogP) is 9.79. The van der Waals surface area contributed by atoms with E-state index in [2.05, 4.69) is 48.5 Å². The van der Waals surface area contributed by atoms with Gasteiger partial charge in [0.2, 0.25) is 0 Å². The fraction of sp³-hybridized carbons (Fsp3) is 1.00. The topological polar surface area (TPSA) is 0 Å². The minimum atomic E-state index is -0.00722. The molecule has 0 aromatic carbocycles. The largest absolute Gasteiger partial charge is 1.00 e. The Labute approximate surface area is 228 Å². The van der Waals surface area contributed by atoms with Crippen LogP contribution < -0.4 is 18.9 Å². The Morgan fingerprint density at radius 2 is 0.606 bits per heavy atom. The van der Waals surface area contributed by atoms with E-state index in [0.29, 0.717) is 0 Å². The molecule has 0 rings (SSSR count). The van der Waals surface area contributed by atoms with Crippen LogP contribution in [0.25, 0.3) is 0 Å². The van der Waals surface area contributed by atoms with Crippen molar-refractivity contribution in [2.75, 3.05) is 0 Å². The van der Waals surface area contributed by atoms with Gasteiger partial charge in [-0.1, -0.05) is 172 Å². The van der Waals surface area contributed by atoms with Gasteiger partial charge in [0, 0.05) is 6.15 Å². The minimum Gasteiger partial charge on any atom is -0.178 e. The van der Waals surface area contributed by atoms with E-state index in [1.165, 1.54) is 109 Å². The van der Waals surface area contributed by atoms with E-state index in [9.17, 15) is 0 Å². The Hall–Kier alpha value is 0.727. The van der Waals surface area contributed by atoms with Gasteiger partial charge in [-0.05, 0) is 0 Å². The van der Waals surface area contributed by atoms with Crippen LogP contribution in [0.1, 0.15) is 153 Å². The molecule has 3 heteroatoms. The van der Waals surface area contributed by atoms with Crippen LogP contribution in [-0.4, -0.2) is 12.9 Å². The van der Waals surface area contributed by atoms with Crippen LogP contribution >= 0.6 is 0 Å². The number of rotatable bonds is 21. The average molecular weight is 460 g/mol. The van der Waals surface area contributed by atoms with Crippen LogP contribution in [0.15, 0.2) is 0 Å². The molecule has 0 aliphatic rings. The van der Waals surface area contributed by atoms with E-state index in [1.54, 1.807) is 25.3 Å². The van der Waals surface area contributed by atoms with Crippen LogP contribution in [0.5, 0.6) is 0 Å². The summed E-state index contributed by atoms with van der Waals surface area (Å²) in [5, 5.41) is 0. The van der Waals surface area contributed by atoms with E-state index in [-0.39, 0.29) is 39.9 Å². The van der Waals surface area contributed by atoms with Gasteiger partial charge in [0.05, 0.1) is 0 Å². The summed E-state index contributed by atoms with van der Waals surface area (Å²) in [6, 6.07) is 0. The second kappa shape index (κ2) is 34.9. The third-order valence-electron chi connectivity index (χ3n) is 7.58. The van der Waals surface area contributed by atoms with Crippen molar-refractivity contribution >= 4 is 12.9 Å². The third kappa shape index (κ3) is 28.8. The Morgan fingerprint density at radius 3 is 0.788 bits per heavy atom. The van der Waals surface area contributed by atoms with Crippen LogP contribution in [0.3, 0.4) is 0 Å². The van der Waals surface area contributed by atoms with Gasteiger partial charge in [0.1, 0.15) is 6.71 Å². The first-order valence-corrected chi connectivity index (χ1v) is 14.8. The molecule has 0 unspecified atom stereocenters. The molecule has 0 saturated carbocycles. The Bertz CT molecular complexity index is 253. The summed E-state index contributed by atoms with van der Waals surface area (Å²) in [6.45, 7) is 17.3. The van der Waals surface area contributed by atoms with Crippen molar-refractivity contribution in [2.24, 2.45) is 0 Å². The van der Waals surface area contributed by atoms with E-state index in [0.717, 1.165) is 6.71 Å². The monoisotopic (exact) mass is 461 g/mol. The Kier molecular flexibility index (Phi) is 46.3. The summed E-state index contributed by atoms with van der Waals surface area (Å²) < 4.78 is 0. The summed E-state index contributed by atoms with van der Waals surface area (Å²) in [4.78, 5) is 0. The van der Waals surface area contributed by atoms with Crippen molar-refractivity contribution in [1.29, 1.82) is 0 Å². The van der Waals surface area contributed by atoms with Gasteiger partial charge in [-0.15, -0.1) is 0 Å². The number of hydrogen-bond acceptors (Lipinski definition) is 0. The summed E-state index contributed by atoms with van der Waals surface area (Å²) in [5.41, 5.74) is 0. The van der Waals surface area contributed by atoms with Crippen LogP contribution in [-0.2, 0) is 0 Å². The molecule has 0 saturated heterocycles. The van der Waals surface area contributed by atoms with Crippen molar-refractivity contribution in [3.8, 4) is 0 Å². The maximum absolute atomic E-state index is 2.35. The zero-order chi connectivity index (χ0) is 22.9. The summed E-state index contributed by atoms with van der Waals surface area (Å²) in [5.74, 6) is 0. The first-order valence-electron chi connectivity index (χ1n) is 14.8. The molecule has 0 nitrogen and oxygen atoms in total. The molecule has 33 heavy (non-hydrogen) atoms. The van der Waals surface area contributed by atoms with E-state index in [4.69, 9.17) is 0 Å². The quantitative estimate of drug-likeness (QED) is 0.150. The molecule has 0 fully saturated rings. The molecular formula is C30H71B2Li. The van der Waals surface area contributed by atoms with E-state index < -0.39 is 0 Å². The Balaban J connectivity index is -0.000000149. The first-order chi connectivity index (χ1) is 14.6. The third-order valence-corrected chi connectivity index (χ3v) is 7.58. The van der Waals surface area contributed by atoms with Crippen LogP contribution in [0.2, 0.25) is 44.2 Å². The molecule has 0 spiro atoms. The van der Waals surface area contributed by atoms with Crippen molar-refractivity contribution < 1.29 is 18.9 Å². The minimum absolute atomic E-state index is 0. The molecule has 0 heterocycles. The summed E-state index contributed by atoms with van der Waals surface area (Å²) in [7, 11) is 0. The van der Waals surface area contributed by atoms with Crippen molar-refractivity contribution in [3.05, 3.63) is 0 Å². The van der Waals surface area contributed by atoms with E-state index >= 15 is 0 Å². The molecule has 0 aromatic heterocycles. The molecule has 0 aromatic rings. The fourth-order valence-electron chi connectivity index (χ4n) is 5.33. The molecule has 0 bridgehead atoms. The standard InChI is InChI=1S/C16H36B.C12H27B.2CH4.Li/c1-5-9-13-17(14-10-6-2,15-11-7-3)16-12-8-4;1-4-7-10-13(11-8-5-2)12-9-6-3;;;/h5-16H2,1-4H3;4-12H2,1-3H3;2*1H4;/q-1;;;;+1. The molecule has 198 valence electrons. The fourth-order valence-corrected chi connectivity index (χ4v) is 5.33. The van der Waals surface area contributed by atoms with Crippen molar-refractivity contribution in [2.45, 2.75) is 197 Å². The summed E-state index contributed by atoms with van der Waals surface area (Å²) >= 11 is 0. The SMILES string of the molecule is C.C.CCCCB(CCCC)CCCC.CCCC[B-](CCCC)(CCCC)CCCC.[Li+]. The van der Waals surface area contributed by atoms with Gasteiger partial charge in [0.15, 0.2) is 0 Å². The van der Waals surface area contributed by atoms with Crippen LogP contribution in [0.4, 0.5) is 0 Å². The molecular weight excluding hydrogens is 389 g/mol. The molecule has 0 aliphatic carbocycles. The second-order valence-electron chi connectivity index (χ2n) is 10.6. The molecule has 0 radical (unpaired) electrons.